The molecule has 3 N–H and O–H groups in total. The highest BCUT2D eigenvalue weighted by Gasteiger charge is 2.18. The predicted octanol–water partition coefficient (Wildman–Crippen LogP) is 3.03. The number of H-pyrrole nitrogens is 1. The Morgan fingerprint density at radius 2 is 1.88 bits per heavy atom. The number of hydrogen-bond acceptors (Lipinski definition) is 2. The zero-order chi connectivity index (χ0) is 11.8. The summed E-state index contributed by atoms with van der Waals surface area (Å²) < 4.78 is 1.06. The van der Waals surface area contributed by atoms with Crippen molar-refractivity contribution in [1.29, 1.82) is 0 Å². The van der Waals surface area contributed by atoms with Gasteiger partial charge in [0.05, 0.1) is 17.4 Å². The van der Waals surface area contributed by atoms with Crippen LogP contribution in [0, 0.1) is 0 Å². The molecule has 0 aliphatic carbocycles. The lowest BCUT2D eigenvalue weighted by atomic mass is 10.1. The molecule has 3 nitrogen and oxygen atoms in total. The van der Waals surface area contributed by atoms with Crippen LogP contribution in [0.3, 0.4) is 0 Å². The first-order valence-electron chi connectivity index (χ1n) is 5.07. The van der Waals surface area contributed by atoms with Gasteiger partial charge in [-0.05, 0) is 31.5 Å². The maximum absolute atomic E-state index is 5.97. The van der Waals surface area contributed by atoms with Crippen LogP contribution in [0.1, 0.15) is 19.7 Å². The summed E-state index contributed by atoms with van der Waals surface area (Å²) in [7, 11) is 0. The Bertz CT molecular complexity index is 480. The molecule has 0 unspecified atom stereocenters. The Morgan fingerprint density at radius 3 is 2.38 bits per heavy atom. The van der Waals surface area contributed by atoms with E-state index in [1.807, 2.05) is 44.3 Å². The van der Waals surface area contributed by atoms with Crippen molar-refractivity contribution in [3.8, 4) is 11.3 Å². The van der Waals surface area contributed by atoms with Crippen molar-refractivity contribution in [2.75, 3.05) is 0 Å². The minimum Gasteiger partial charge on any atom is -0.340 e. The molecule has 0 radical (unpaired) electrons. The molecule has 1 heterocycles. The number of aromatic nitrogens is 2. The zero-order valence-electron chi connectivity index (χ0n) is 9.29. The number of nitrogens with two attached hydrogens (primary N) is 1. The molecule has 0 saturated carbocycles. The molecular formula is C12H14BrN3. The van der Waals surface area contributed by atoms with E-state index in [4.69, 9.17) is 5.73 Å². The van der Waals surface area contributed by atoms with Gasteiger partial charge in [-0.25, -0.2) is 4.98 Å². The van der Waals surface area contributed by atoms with Gasteiger partial charge < -0.3 is 10.7 Å². The fourth-order valence-electron chi connectivity index (χ4n) is 1.42. The van der Waals surface area contributed by atoms with Gasteiger partial charge in [0, 0.05) is 4.47 Å². The summed E-state index contributed by atoms with van der Waals surface area (Å²) in [5.41, 5.74) is 7.62. The van der Waals surface area contributed by atoms with Gasteiger partial charge in [0.15, 0.2) is 0 Å². The van der Waals surface area contributed by atoms with E-state index in [2.05, 4.69) is 25.9 Å². The van der Waals surface area contributed by atoms with Crippen LogP contribution in [-0.2, 0) is 5.54 Å². The molecule has 16 heavy (non-hydrogen) atoms. The predicted molar refractivity (Wildman–Crippen MR) is 68.9 cm³/mol. The lowest BCUT2D eigenvalue weighted by Gasteiger charge is -2.14. The monoisotopic (exact) mass is 279 g/mol. The minimum atomic E-state index is -0.437. The number of nitrogens with zero attached hydrogens (tertiary/aromatic N) is 1. The summed E-state index contributed by atoms with van der Waals surface area (Å²) >= 11 is 3.41. The van der Waals surface area contributed by atoms with E-state index in [1.165, 1.54) is 0 Å². The molecule has 2 rings (SSSR count). The molecule has 0 spiro atoms. The van der Waals surface area contributed by atoms with Crippen molar-refractivity contribution >= 4 is 15.9 Å². The zero-order valence-corrected chi connectivity index (χ0v) is 10.9. The second-order valence-corrected chi connectivity index (χ2v) is 5.29. The number of benzene rings is 1. The number of halogens is 1. The lowest BCUT2D eigenvalue weighted by Crippen LogP contribution is -2.30. The van der Waals surface area contributed by atoms with E-state index in [9.17, 15) is 0 Å². The quantitative estimate of drug-likeness (QED) is 0.888. The first-order valence-corrected chi connectivity index (χ1v) is 5.86. The van der Waals surface area contributed by atoms with Crippen molar-refractivity contribution in [2.45, 2.75) is 19.4 Å². The molecule has 0 aliphatic heterocycles. The number of rotatable bonds is 2. The van der Waals surface area contributed by atoms with Crippen molar-refractivity contribution in [2.24, 2.45) is 5.73 Å². The third-order valence-corrected chi connectivity index (χ3v) is 2.87. The lowest BCUT2D eigenvalue weighted by molar-refractivity contribution is 0.520. The highest BCUT2D eigenvalue weighted by atomic mass is 79.9. The van der Waals surface area contributed by atoms with Crippen molar-refractivity contribution in [1.82, 2.24) is 9.97 Å². The summed E-state index contributed by atoms with van der Waals surface area (Å²) in [6.07, 6.45) is 1.81. The van der Waals surface area contributed by atoms with Crippen LogP contribution in [-0.4, -0.2) is 9.97 Å². The summed E-state index contributed by atoms with van der Waals surface area (Å²) in [5, 5.41) is 0. The topological polar surface area (TPSA) is 54.7 Å². The normalized spacial score (nSPS) is 11.8. The van der Waals surface area contributed by atoms with Crippen LogP contribution in [0.2, 0.25) is 0 Å². The Labute approximate surface area is 103 Å². The minimum absolute atomic E-state index is 0.437. The first kappa shape index (κ1) is 11.4. The van der Waals surface area contributed by atoms with Gasteiger partial charge in [-0.1, -0.05) is 28.1 Å². The number of hydrogen-bond donors (Lipinski definition) is 2. The van der Waals surface area contributed by atoms with E-state index in [0.29, 0.717) is 0 Å². The number of imidazole rings is 1. The molecule has 0 atom stereocenters. The van der Waals surface area contributed by atoms with Gasteiger partial charge in [0.1, 0.15) is 5.82 Å². The maximum atomic E-state index is 5.97. The van der Waals surface area contributed by atoms with Crippen LogP contribution in [0.25, 0.3) is 11.3 Å². The molecule has 1 aromatic carbocycles. The van der Waals surface area contributed by atoms with Crippen LogP contribution in [0.5, 0.6) is 0 Å². The molecule has 1 aromatic heterocycles. The number of nitrogens with one attached hydrogen (secondary N) is 1. The average Bonchev–Trinajstić information content (AvgIpc) is 2.67. The maximum Gasteiger partial charge on any atom is 0.126 e. The van der Waals surface area contributed by atoms with Gasteiger partial charge in [-0.15, -0.1) is 0 Å². The summed E-state index contributed by atoms with van der Waals surface area (Å²) in [6, 6.07) is 8.07. The third-order valence-electron chi connectivity index (χ3n) is 2.34. The Balaban J connectivity index is 2.35. The molecule has 0 amide bonds. The van der Waals surface area contributed by atoms with E-state index < -0.39 is 5.54 Å². The van der Waals surface area contributed by atoms with Crippen LogP contribution in [0.15, 0.2) is 34.9 Å². The molecular weight excluding hydrogens is 266 g/mol. The molecule has 0 fully saturated rings. The van der Waals surface area contributed by atoms with E-state index in [1.54, 1.807) is 0 Å². The number of aromatic amines is 1. The second kappa shape index (κ2) is 4.03. The summed E-state index contributed by atoms with van der Waals surface area (Å²) in [5.74, 6) is 0.797. The average molecular weight is 280 g/mol. The summed E-state index contributed by atoms with van der Waals surface area (Å²) in [4.78, 5) is 7.53. The van der Waals surface area contributed by atoms with E-state index in [0.717, 1.165) is 21.6 Å². The molecule has 84 valence electrons. The second-order valence-electron chi connectivity index (χ2n) is 4.37. The van der Waals surface area contributed by atoms with Gasteiger partial charge in [0.25, 0.3) is 0 Å². The van der Waals surface area contributed by atoms with Crippen LogP contribution >= 0.6 is 15.9 Å². The Kier molecular flexibility index (Phi) is 2.86. The Hall–Kier alpha value is -1.13. The standard InChI is InChI=1S/C12H14BrN3/c1-12(2,14)11-15-7-10(16-11)8-3-5-9(13)6-4-8/h3-7H,14H2,1-2H3,(H,15,16). The van der Waals surface area contributed by atoms with Gasteiger partial charge in [-0.2, -0.15) is 0 Å². The fourth-order valence-corrected chi connectivity index (χ4v) is 1.69. The van der Waals surface area contributed by atoms with Gasteiger partial charge in [0.2, 0.25) is 0 Å². The molecule has 0 bridgehead atoms. The highest BCUT2D eigenvalue weighted by molar-refractivity contribution is 9.10. The Morgan fingerprint density at radius 1 is 1.25 bits per heavy atom. The van der Waals surface area contributed by atoms with E-state index >= 15 is 0 Å². The van der Waals surface area contributed by atoms with Crippen molar-refractivity contribution in [3.05, 3.63) is 40.8 Å². The largest absolute Gasteiger partial charge is 0.340 e. The van der Waals surface area contributed by atoms with E-state index in [-0.39, 0.29) is 0 Å². The first-order chi connectivity index (χ1) is 7.47. The third kappa shape index (κ3) is 2.33. The van der Waals surface area contributed by atoms with Crippen LogP contribution < -0.4 is 5.73 Å². The van der Waals surface area contributed by atoms with Gasteiger partial charge >= 0.3 is 0 Å². The highest BCUT2D eigenvalue weighted by Crippen LogP contribution is 2.22. The molecule has 4 heteroatoms. The van der Waals surface area contributed by atoms with Crippen molar-refractivity contribution < 1.29 is 0 Å². The fraction of sp³-hybridized carbons (Fsp3) is 0.250. The van der Waals surface area contributed by atoms with Gasteiger partial charge in [-0.3, -0.25) is 0 Å². The SMILES string of the molecule is CC(C)(N)c1ncc(-c2ccc(Br)cc2)[nH]1. The smallest absolute Gasteiger partial charge is 0.126 e. The molecule has 0 aliphatic rings. The van der Waals surface area contributed by atoms with Crippen LogP contribution in [0.4, 0.5) is 0 Å². The van der Waals surface area contributed by atoms with Crippen molar-refractivity contribution in [3.63, 3.8) is 0 Å². The molecule has 0 saturated heterocycles. The molecule has 2 aromatic rings. The summed E-state index contributed by atoms with van der Waals surface area (Å²) in [6.45, 7) is 3.86.